The van der Waals surface area contributed by atoms with Crippen LogP contribution in [0.5, 0.6) is 0 Å². The highest BCUT2D eigenvalue weighted by Gasteiger charge is 1.97. The highest BCUT2D eigenvalue weighted by atomic mass is 32.1. The van der Waals surface area contributed by atoms with Gasteiger partial charge in [0.15, 0.2) is 0 Å². The first-order valence-corrected chi connectivity index (χ1v) is 7.33. The summed E-state index contributed by atoms with van der Waals surface area (Å²) in [4.78, 5) is 34.8. The van der Waals surface area contributed by atoms with E-state index in [1.807, 2.05) is 22.9 Å². The molecule has 0 spiro atoms. The van der Waals surface area contributed by atoms with Gasteiger partial charge >= 0.3 is 0 Å². The van der Waals surface area contributed by atoms with Crippen molar-refractivity contribution in [3.8, 4) is 0 Å². The van der Waals surface area contributed by atoms with Crippen LogP contribution in [0.25, 0.3) is 20.4 Å². The summed E-state index contributed by atoms with van der Waals surface area (Å²) in [5.41, 5.74) is 1.43. The van der Waals surface area contributed by atoms with Crippen LogP contribution >= 0.6 is 22.7 Å². The number of hydrogen-bond donors (Lipinski definition) is 2. The fourth-order valence-electron chi connectivity index (χ4n) is 1.60. The summed E-state index contributed by atoms with van der Waals surface area (Å²) in [6.07, 6.45) is 2.83. The molecule has 4 aromatic heterocycles. The Morgan fingerprint density at radius 3 is 1.65 bits per heavy atom. The van der Waals surface area contributed by atoms with Gasteiger partial charge in [0.2, 0.25) is 0 Å². The van der Waals surface area contributed by atoms with E-state index in [4.69, 9.17) is 0 Å². The maximum atomic E-state index is 11.0. The summed E-state index contributed by atoms with van der Waals surface area (Å²) in [5, 5.41) is 3.71. The number of H-pyrrole nitrogens is 2. The minimum Gasteiger partial charge on any atom is -0.312 e. The minimum atomic E-state index is -0.0556. The topological polar surface area (TPSA) is 91.5 Å². The smallest absolute Gasteiger partial charge is 0.268 e. The van der Waals surface area contributed by atoms with Crippen molar-refractivity contribution in [2.45, 2.75) is 0 Å². The van der Waals surface area contributed by atoms with Crippen LogP contribution in [0.3, 0.4) is 0 Å². The fraction of sp³-hybridized carbons (Fsp3) is 0. The van der Waals surface area contributed by atoms with Crippen molar-refractivity contribution in [2.24, 2.45) is 0 Å². The molecule has 0 radical (unpaired) electrons. The monoisotopic (exact) mass is 304 g/mol. The maximum Gasteiger partial charge on any atom is 0.268 e. The Bertz CT molecular complexity index is 886. The van der Waals surface area contributed by atoms with Crippen molar-refractivity contribution in [2.75, 3.05) is 0 Å². The molecule has 4 rings (SSSR count). The molecule has 2 N–H and O–H groups in total. The van der Waals surface area contributed by atoms with Crippen molar-refractivity contribution in [1.82, 2.24) is 19.9 Å². The van der Waals surface area contributed by atoms with Crippen LogP contribution in [0.2, 0.25) is 0 Å². The zero-order chi connectivity index (χ0) is 13.9. The molecule has 6 nitrogen and oxygen atoms in total. The van der Waals surface area contributed by atoms with Crippen LogP contribution in [0, 0.1) is 0 Å². The zero-order valence-corrected chi connectivity index (χ0v) is 11.6. The normalized spacial score (nSPS) is 10.4. The van der Waals surface area contributed by atoms with E-state index in [0.717, 1.165) is 11.0 Å². The van der Waals surface area contributed by atoms with Crippen LogP contribution < -0.4 is 11.1 Å². The van der Waals surface area contributed by atoms with Gasteiger partial charge in [0, 0.05) is 0 Å². The molecule has 0 saturated carbocycles. The zero-order valence-electron chi connectivity index (χ0n) is 9.99. The highest BCUT2D eigenvalue weighted by Crippen LogP contribution is 2.12. The van der Waals surface area contributed by atoms with Gasteiger partial charge in [-0.1, -0.05) is 0 Å². The Hall–Kier alpha value is -2.32. The van der Waals surface area contributed by atoms with Crippen LogP contribution in [0.15, 0.2) is 45.1 Å². The first kappa shape index (κ1) is 12.7. The van der Waals surface area contributed by atoms with Gasteiger partial charge in [-0.2, -0.15) is 0 Å². The summed E-state index contributed by atoms with van der Waals surface area (Å²) in [6, 6.07) is 3.66. The molecule has 4 heterocycles. The van der Waals surface area contributed by atoms with Crippen molar-refractivity contribution in [1.29, 1.82) is 0 Å². The Morgan fingerprint density at radius 2 is 1.25 bits per heavy atom. The van der Waals surface area contributed by atoms with Gasteiger partial charge in [0.1, 0.15) is 9.40 Å². The van der Waals surface area contributed by atoms with Crippen molar-refractivity contribution >= 4 is 43.1 Å². The van der Waals surface area contributed by atoms with E-state index in [2.05, 4.69) is 19.9 Å². The lowest BCUT2D eigenvalue weighted by molar-refractivity contribution is 1.18. The minimum absolute atomic E-state index is 0.0556. The predicted octanol–water partition coefficient (Wildman–Crippen LogP) is 1.97. The number of rotatable bonds is 0. The molecular weight excluding hydrogens is 296 g/mol. The highest BCUT2D eigenvalue weighted by molar-refractivity contribution is 7.17. The molecule has 0 aliphatic heterocycles. The molecule has 0 bridgehead atoms. The molecule has 0 unspecified atom stereocenters. The average Bonchev–Trinajstić information content (AvgIpc) is 3.08. The molecule has 0 aliphatic carbocycles. The van der Waals surface area contributed by atoms with Crippen molar-refractivity contribution in [3.05, 3.63) is 56.3 Å². The first-order valence-electron chi connectivity index (χ1n) is 5.57. The maximum absolute atomic E-state index is 11.0. The first-order chi connectivity index (χ1) is 9.75. The largest absolute Gasteiger partial charge is 0.312 e. The van der Waals surface area contributed by atoms with Gasteiger partial charge < -0.3 is 9.97 Å². The molecule has 0 aromatic carbocycles. The fourth-order valence-corrected chi connectivity index (χ4v) is 3.08. The molecule has 4 aromatic rings. The van der Waals surface area contributed by atoms with E-state index in [1.165, 1.54) is 35.3 Å². The van der Waals surface area contributed by atoms with E-state index in [-0.39, 0.29) is 11.1 Å². The van der Waals surface area contributed by atoms with Gasteiger partial charge in [-0.05, 0) is 22.9 Å². The average molecular weight is 304 g/mol. The van der Waals surface area contributed by atoms with Gasteiger partial charge in [0.05, 0.1) is 23.7 Å². The summed E-state index contributed by atoms with van der Waals surface area (Å²) >= 11 is 2.82. The molecule has 0 aliphatic rings. The van der Waals surface area contributed by atoms with E-state index in [0.29, 0.717) is 9.40 Å². The van der Waals surface area contributed by atoms with Crippen molar-refractivity contribution < 1.29 is 0 Å². The summed E-state index contributed by atoms with van der Waals surface area (Å²) in [5.74, 6) is 0. The summed E-state index contributed by atoms with van der Waals surface area (Å²) in [6.45, 7) is 0. The molecule has 0 saturated heterocycles. The molecule has 0 atom stereocenters. The van der Waals surface area contributed by atoms with Crippen LogP contribution in [0.4, 0.5) is 0 Å². The quantitative estimate of drug-likeness (QED) is 0.519. The number of hydrogen-bond acceptors (Lipinski definition) is 6. The van der Waals surface area contributed by atoms with E-state index < -0.39 is 0 Å². The lowest BCUT2D eigenvalue weighted by Crippen LogP contribution is -2.02. The summed E-state index contributed by atoms with van der Waals surface area (Å²) in [7, 11) is 0. The summed E-state index contributed by atoms with van der Waals surface area (Å²) < 4.78 is 1.39. The Labute approximate surface area is 119 Å². The van der Waals surface area contributed by atoms with Gasteiger partial charge in [-0.3, -0.25) is 9.59 Å². The molecule has 0 fully saturated rings. The van der Waals surface area contributed by atoms with Crippen LogP contribution in [-0.2, 0) is 0 Å². The number of aromatic amines is 2. The van der Waals surface area contributed by atoms with Gasteiger partial charge in [-0.25, -0.2) is 9.97 Å². The molecular formula is C12H8N4O2S2. The lowest BCUT2D eigenvalue weighted by atomic mass is 10.5. The second-order valence-electron chi connectivity index (χ2n) is 3.73. The number of thiophene rings is 2. The number of nitrogens with one attached hydrogen (secondary N) is 2. The third-order valence-corrected chi connectivity index (χ3v) is 4.30. The number of fused-ring (bicyclic) bond motifs is 2. The molecule has 100 valence electrons. The van der Waals surface area contributed by atoms with E-state index >= 15 is 0 Å². The number of nitrogens with zero attached hydrogens (tertiary/aromatic N) is 2. The molecule has 20 heavy (non-hydrogen) atoms. The Balaban J connectivity index is 0.000000121. The SMILES string of the molecule is O=c1[nH]cnc2ccsc12.O=c1[nH]cnc2ccsc12. The third kappa shape index (κ3) is 2.38. The lowest BCUT2D eigenvalue weighted by Gasteiger charge is -1.82. The predicted molar refractivity (Wildman–Crippen MR) is 80.5 cm³/mol. The van der Waals surface area contributed by atoms with Crippen LogP contribution in [0.1, 0.15) is 0 Å². The van der Waals surface area contributed by atoms with Crippen LogP contribution in [-0.4, -0.2) is 19.9 Å². The van der Waals surface area contributed by atoms with E-state index in [9.17, 15) is 9.59 Å². The second-order valence-corrected chi connectivity index (χ2v) is 5.57. The molecule has 8 heteroatoms. The van der Waals surface area contributed by atoms with Gasteiger partial charge in [0.25, 0.3) is 11.1 Å². The van der Waals surface area contributed by atoms with Gasteiger partial charge in [-0.15, -0.1) is 22.7 Å². The van der Waals surface area contributed by atoms with E-state index in [1.54, 1.807) is 0 Å². The number of aromatic nitrogens is 4. The van der Waals surface area contributed by atoms with Crippen molar-refractivity contribution in [3.63, 3.8) is 0 Å². The third-order valence-electron chi connectivity index (χ3n) is 2.50. The molecule has 0 amide bonds. The Kier molecular flexibility index (Phi) is 3.40. The Morgan fingerprint density at radius 1 is 0.800 bits per heavy atom. The standard InChI is InChI=1S/2C6H4N2OS/c2*9-6-5-4(1-2-10-5)7-3-8-6/h2*1-3H,(H,7,8,9). The second kappa shape index (κ2) is 5.35.